The predicted molar refractivity (Wildman–Crippen MR) is 119 cm³/mol. The Morgan fingerprint density at radius 1 is 1.37 bits per heavy atom. The summed E-state index contributed by atoms with van der Waals surface area (Å²) in [5.41, 5.74) is 1.10. The van der Waals surface area contributed by atoms with Gasteiger partial charge in [-0.2, -0.15) is 0 Å². The molecule has 1 aromatic heterocycles. The van der Waals surface area contributed by atoms with Crippen LogP contribution < -0.4 is 5.32 Å². The molecule has 1 N–H and O–H groups in total. The molecule has 7 nitrogen and oxygen atoms in total. The minimum Gasteiger partial charge on any atom is -0.368 e. The Morgan fingerprint density at radius 2 is 2.11 bits per heavy atom. The van der Waals surface area contributed by atoms with Crippen molar-refractivity contribution in [1.29, 1.82) is 0 Å². The number of halogens is 1. The summed E-state index contributed by atoms with van der Waals surface area (Å²) in [6.45, 7) is 6.71. The number of aryl methyl sites for hydroxylation is 2. The zero-order valence-electron chi connectivity index (χ0n) is 16.1. The van der Waals surface area contributed by atoms with Gasteiger partial charge in [-0.1, -0.05) is 0 Å². The van der Waals surface area contributed by atoms with Gasteiger partial charge in [0.2, 0.25) is 0 Å². The molecule has 0 spiro atoms. The van der Waals surface area contributed by atoms with Crippen molar-refractivity contribution in [3.8, 4) is 0 Å². The summed E-state index contributed by atoms with van der Waals surface area (Å²) < 4.78 is 5.52. The monoisotopic (exact) mass is 507 g/mol. The number of carbonyl (C=O) groups is 1. The van der Waals surface area contributed by atoms with Gasteiger partial charge < -0.3 is 19.9 Å². The molecule has 0 saturated carbocycles. The molecule has 2 fully saturated rings. The zero-order chi connectivity index (χ0) is 18.4. The second kappa shape index (κ2) is 11.2. The highest BCUT2D eigenvalue weighted by Crippen LogP contribution is 2.16. The van der Waals surface area contributed by atoms with E-state index >= 15 is 0 Å². The van der Waals surface area contributed by atoms with Gasteiger partial charge in [0, 0.05) is 63.9 Å². The molecule has 1 unspecified atom stereocenters. The van der Waals surface area contributed by atoms with E-state index in [1.165, 1.54) is 5.01 Å². The third-order valence-electron chi connectivity index (χ3n) is 4.82. The number of piperazine rings is 1. The Balaban J connectivity index is 0.00000261. The second-order valence-electron chi connectivity index (χ2n) is 6.77. The minimum atomic E-state index is -0.214. The lowest BCUT2D eigenvalue weighted by atomic mass is 10.2. The van der Waals surface area contributed by atoms with Crippen molar-refractivity contribution < 1.29 is 9.53 Å². The van der Waals surface area contributed by atoms with Crippen LogP contribution in [0.4, 0.5) is 0 Å². The Labute approximate surface area is 182 Å². The molecule has 3 rings (SSSR count). The van der Waals surface area contributed by atoms with E-state index in [0.29, 0.717) is 6.61 Å². The predicted octanol–water partition coefficient (Wildman–Crippen LogP) is 1.90. The number of hydrogen-bond donors (Lipinski definition) is 1. The van der Waals surface area contributed by atoms with Gasteiger partial charge in [0.1, 0.15) is 6.10 Å². The van der Waals surface area contributed by atoms with Gasteiger partial charge >= 0.3 is 0 Å². The fourth-order valence-corrected chi connectivity index (χ4v) is 4.22. The van der Waals surface area contributed by atoms with Crippen molar-refractivity contribution >= 4 is 47.2 Å². The molecule has 2 saturated heterocycles. The third-order valence-corrected chi connectivity index (χ3v) is 5.85. The fraction of sp³-hybridized carbons (Fsp3) is 0.722. The summed E-state index contributed by atoms with van der Waals surface area (Å²) in [5.74, 6) is 1.08. The number of aromatic nitrogens is 1. The molecule has 9 heteroatoms. The molecule has 2 aliphatic heterocycles. The first-order chi connectivity index (χ1) is 12.7. The van der Waals surface area contributed by atoms with E-state index in [9.17, 15) is 4.79 Å². The van der Waals surface area contributed by atoms with Crippen LogP contribution in [0.15, 0.2) is 10.4 Å². The SMILES string of the molecule is CN=C(NCCCc1nc(C)cs1)N1CCN(C(=O)C2CCCO2)CC1.I. The summed E-state index contributed by atoms with van der Waals surface area (Å²) in [4.78, 5) is 25.5. The normalized spacial score (nSPS) is 20.5. The van der Waals surface area contributed by atoms with Crippen LogP contribution in [0.3, 0.4) is 0 Å². The maximum Gasteiger partial charge on any atom is 0.251 e. The summed E-state index contributed by atoms with van der Waals surface area (Å²) in [7, 11) is 1.82. The first-order valence-electron chi connectivity index (χ1n) is 9.44. The van der Waals surface area contributed by atoms with E-state index in [4.69, 9.17) is 4.74 Å². The topological polar surface area (TPSA) is 70.1 Å². The maximum absolute atomic E-state index is 12.4. The van der Waals surface area contributed by atoms with Crippen LogP contribution >= 0.6 is 35.3 Å². The van der Waals surface area contributed by atoms with Gasteiger partial charge in [0.15, 0.2) is 5.96 Å². The molecule has 3 heterocycles. The van der Waals surface area contributed by atoms with Crippen LogP contribution in [0.2, 0.25) is 0 Å². The number of thiazole rings is 1. The third kappa shape index (κ3) is 6.28. The van der Waals surface area contributed by atoms with Crippen LogP contribution in [0.1, 0.15) is 30.0 Å². The molecule has 0 aliphatic carbocycles. The number of carbonyl (C=O) groups excluding carboxylic acids is 1. The lowest BCUT2D eigenvalue weighted by Gasteiger charge is -2.37. The number of rotatable bonds is 5. The largest absolute Gasteiger partial charge is 0.368 e. The minimum absolute atomic E-state index is 0. The van der Waals surface area contributed by atoms with Gasteiger partial charge in [-0.05, 0) is 26.2 Å². The quantitative estimate of drug-likeness (QED) is 0.286. The molecular weight excluding hydrogens is 477 g/mol. The highest BCUT2D eigenvalue weighted by Gasteiger charge is 2.30. The number of amides is 1. The molecule has 0 bridgehead atoms. The van der Waals surface area contributed by atoms with Crippen LogP contribution in [-0.2, 0) is 16.0 Å². The van der Waals surface area contributed by atoms with Crippen molar-refractivity contribution in [2.45, 2.75) is 38.7 Å². The van der Waals surface area contributed by atoms with E-state index in [1.54, 1.807) is 11.3 Å². The number of hydrogen-bond acceptors (Lipinski definition) is 5. The summed E-state index contributed by atoms with van der Waals surface area (Å²) in [5, 5.41) is 6.73. The molecule has 1 atom stereocenters. The van der Waals surface area contributed by atoms with Gasteiger partial charge in [-0.3, -0.25) is 9.79 Å². The van der Waals surface area contributed by atoms with Crippen molar-refractivity contribution in [3.05, 3.63) is 16.1 Å². The smallest absolute Gasteiger partial charge is 0.251 e. The molecule has 152 valence electrons. The fourth-order valence-electron chi connectivity index (χ4n) is 3.40. The van der Waals surface area contributed by atoms with Gasteiger partial charge in [0.25, 0.3) is 5.91 Å². The highest BCUT2D eigenvalue weighted by atomic mass is 127. The van der Waals surface area contributed by atoms with Crippen molar-refractivity contribution in [2.75, 3.05) is 46.4 Å². The van der Waals surface area contributed by atoms with E-state index < -0.39 is 0 Å². The van der Waals surface area contributed by atoms with Crippen molar-refractivity contribution in [3.63, 3.8) is 0 Å². The van der Waals surface area contributed by atoms with Crippen LogP contribution in [0.25, 0.3) is 0 Å². The summed E-state index contributed by atoms with van der Waals surface area (Å²) in [6.07, 6.45) is 3.66. The number of nitrogens with zero attached hydrogens (tertiary/aromatic N) is 4. The summed E-state index contributed by atoms with van der Waals surface area (Å²) >= 11 is 1.73. The average Bonchev–Trinajstić information content (AvgIpc) is 3.33. The van der Waals surface area contributed by atoms with Crippen LogP contribution in [0, 0.1) is 6.92 Å². The molecule has 0 radical (unpaired) electrons. The number of aliphatic imine (C=N–C) groups is 1. The van der Waals surface area contributed by atoms with Crippen LogP contribution in [-0.4, -0.2) is 79.1 Å². The Morgan fingerprint density at radius 3 is 2.70 bits per heavy atom. The van der Waals surface area contributed by atoms with Crippen molar-refractivity contribution in [1.82, 2.24) is 20.1 Å². The molecule has 27 heavy (non-hydrogen) atoms. The van der Waals surface area contributed by atoms with E-state index in [1.807, 2.05) is 18.9 Å². The van der Waals surface area contributed by atoms with E-state index in [2.05, 4.69) is 25.6 Å². The molecule has 1 aromatic rings. The highest BCUT2D eigenvalue weighted by molar-refractivity contribution is 14.0. The standard InChI is InChI=1S/C18H29N5O2S.HI/c1-14-13-26-16(21-14)6-3-7-20-18(19-2)23-10-8-22(9-11-23)17(24)15-5-4-12-25-15;/h13,15H,3-12H2,1-2H3,(H,19,20);1H. The molecule has 0 aromatic carbocycles. The number of ether oxygens (including phenoxy) is 1. The average molecular weight is 507 g/mol. The Hall–Kier alpha value is -0.940. The van der Waals surface area contributed by atoms with Gasteiger partial charge in [0.05, 0.1) is 5.01 Å². The summed E-state index contributed by atoms with van der Waals surface area (Å²) in [6, 6.07) is 0. The lowest BCUT2D eigenvalue weighted by molar-refractivity contribution is -0.142. The number of nitrogens with one attached hydrogen (secondary N) is 1. The van der Waals surface area contributed by atoms with Gasteiger partial charge in [-0.25, -0.2) is 4.98 Å². The van der Waals surface area contributed by atoms with E-state index in [0.717, 1.165) is 70.1 Å². The second-order valence-corrected chi connectivity index (χ2v) is 7.72. The van der Waals surface area contributed by atoms with Crippen LogP contribution in [0.5, 0.6) is 0 Å². The first-order valence-corrected chi connectivity index (χ1v) is 10.3. The molecular formula is C18H30IN5O2S. The first kappa shape index (κ1) is 22.4. The maximum atomic E-state index is 12.4. The Bertz CT molecular complexity index is 625. The Kier molecular flexibility index (Phi) is 9.24. The lowest BCUT2D eigenvalue weighted by Crippen LogP contribution is -2.55. The van der Waals surface area contributed by atoms with Crippen molar-refractivity contribution in [2.24, 2.45) is 4.99 Å². The number of guanidine groups is 1. The molecule has 2 aliphatic rings. The zero-order valence-corrected chi connectivity index (χ0v) is 19.3. The van der Waals surface area contributed by atoms with Gasteiger partial charge in [-0.15, -0.1) is 35.3 Å². The van der Waals surface area contributed by atoms with E-state index in [-0.39, 0.29) is 36.0 Å². The molecule has 1 amide bonds.